The van der Waals surface area contributed by atoms with Crippen molar-refractivity contribution in [2.45, 2.75) is 11.7 Å². The molecule has 1 amide bonds. The molecule has 0 aliphatic rings. The monoisotopic (exact) mass is 366 g/mol. The maximum absolute atomic E-state index is 12.6. The molecule has 3 heterocycles. The van der Waals surface area contributed by atoms with Gasteiger partial charge in [-0.2, -0.15) is 10.1 Å². The topological polar surface area (TPSA) is 115 Å². The Morgan fingerprint density at radius 3 is 3.17 bits per heavy atom. The average molecular weight is 366 g/mol. The molecule has 0 saturated carbocycles. The van der Waals surface area contributed by atoms with Crippen molar-refractivity contribution in [3.05, 3.63) is 28.1 Å². The Morgan fingerprint density at radius 2 is 2.42 bits per heavy atom. The number of anilines is 1. The summed E-state index contributed by atoms with van der Waals surface area (Å²) in [6, 6.07) is 1.79. The zero-order valence-corrected chi connectivity index (χ0v) is 14.3. The van der Waals surface area contributed by atoms with Gasteiger partial charge in [-0.05, 0) is 11.4 Å². The number of hydrogen-bond donors (Lipinski definition) is 2. The Morgan fingerprint density at radius 1 is 1.54 bits per heavy atom. The van der Waals surface area contributed by atoms with Crippen LogP contribution < -0.4 is 10.9 Å². The minimum atomic E-state index is -0.269. The Balaban J connectivity index is 1.79. The molecule has 24 heavy (non-hydrogen) atoms. The van der Waals surface area contributed by atoms with Gasteiger partial charge < -0.3 is 4.74 Å². The van der Waals surface area contributed by atoms with Crippen LogP contribution in [0.15, 0.2) is 27.7 Å². The van der Waals surface area contributed by atoms with Crippen LogP contribution in [0.25, 0.3) is 10.2 Å². The standard InChI is InChI=1S/C13H14N6O3S2/c1-22-4-3-19-11(21)10-8(2-5-23-10)16-13(19)24-6-9(20)17-12-14-7-15-18-12/h2,5,7H,3-4,6H2,1H3,(H2,14,15,17,18,20). The van der Waals surface area contributed by atoms with Crippen molar-refractivity contribution < 1.29 is 9.53 Å². The molecule has 0 saturated heterocycles. The second-order valence-corrected chi connectivity index (χ2v) is 6.51. The van der Waals surface area contributed by atoms with Crippen molar-refractivity contribution in [2.24, 2.45) is 0 Å². The number of carbonyl (C=O) groups excluding carboxylic acids is 1. The van der Waals surface area contributed by atoms with E-state index in [-0.39, 0.29) is 23.2 Å². The molecule has 0 aliphatic heterocycles. The molecule has 0 aliphatic carbocycles. The molecule has 3 aromatic heterocycles. The molecule has 0 spiro atoms. The molecule has 0 unspecified atom stereocenters. The third-order valence-electron chi connectivity index (χ3n) is 3.06. The number of nitrogens with zero attached hydrogens (tertiary/aromatic N) is 4. The molecular weight excluding hydrogens is 352 g/mol. The van der Waals surface area contributed by atoms with Gasteiger partial charge in [0.05, 0.1) is 24.4 Å². The number of nitrogens with one attached hydrogen (secondary N) is 2. The second-order valence-electron chi connectivity index (χ2n) is 4.65. The molecule has 0 aromatic carbocycles. The van der Waals surface area contributed by atoms with Crippen LogP contribution in [0.3, 0.4) is 0 Å². The van der Waals surface area contributed by atoms with Gasteiger partial charge in [0.2, 0.25) is 11.9 Å². The largest absolute Gasteiger partial charge is 0.383 e. The summed E-state index contributed by atoms with van der Waals surface area (Å²) in [6.07, 6.45) is 1.30. The molecule has 11 heteroatoms. The Hall–Kier alpha value is -2.24. The average Bonchev–Trinajstić information content (AvgIpc) is 3.23. The van der Waals surface area contributed by atoms with E-state index in [9.17, 15) is 9.59 Å². The predicted molar refractivity (Wildman–Crippen MR) is 91.5 cm³/mol. The lowest BCUT2D eigenvalue weighted by Crippen LogP contribution is -2.25. The Bertz CT molecular complexity index is 889. The molecule has 2 N–H and O–H groups in total. The number of hydrogen-bond acceptors (Lipinski definition) is 8. The molecular formula is C13H14N6O3S2. The number of ether oxygens (including phenoxy) is 1. The Labute approximate surface area is 144 Å². The van der Waals surface area contributed by atoms with E-state index >= 15 is 0 Å². The zero-order valence-electron chi connectivity index (χ0n) is 12.7. The van der Waals surface area contributed by atoms with Gasteiger partial charge in [-0.1, -0.05) is 11.8 Å². The fraction of sp³-hybridized carbons (Fsp3) is 0.308. The van der Waals surface area contributed by atoms with E-state index in [0.29, 0.717) is 28.5 Å². The first-order chi connectivity index (χ1) is 11.7. The van der Waals surface area contributed by atoms with E-state index in [1.54, 1.807) is 13.2 Å². The van der Waals surface area contributed by atoms with Gasteiger partial charge >= 0.3 is 0 Å². The lowest BCUT2D eigenvalue weighted by atomic mass is 10.4. The number of aromatic nitrogens is 5. The number of fused-ring (bicyclic) bond motifs is 1. The molecule has 3 aromatic rings. The fourth-order valence-corrected chi connectivity index (χ4v) is 3.58. The number of thioether (sulfide) groups is 1. The van der Waals surface area contributed by atoms with Gasteiger partial charge in [0.15, 0.2) is 5.16 Å². The maximum Gasteiger partial charge on any atom is 0.272 e. The molecule has 0 radical (unpaired) electrons. The van der Waals surface area contributed by atoms with E-state index in [1.807, 2.05) is 5.38 Å². The lowest BCUT2D eigenvalue weighted by Gasteiger charge is -2.11. The number of amides is 1. The van der Waals surface area contributed by atoms with Crippen LogP contribution in [-0.4, -0.2) is 50.1 Å². The fourth-order valence-electron chi connectivity index (χ4n) is 1.98. The van der Waals surface area contributed by atoms with Gasteiger partial charge in [0.1, 0.15) is 11.0 Å². The van der Waals surface area contributed by atoms with Crippen molar-refractivity contribution in [1.82, 2.24) is 24.7 Å². The van der Waals surface area contributed by atoms with Crippen LogP contribution >= 0.6 is 23.1 Å². The molecule has 0 fully saturated rings. The van der Waals surface area contributed by atoms with Crippen molar-refractivity contribution in [2.75, 3.05) is 24.8 Å². The van der Waals surface area contributed by atoms with Gasteiger partial charge in [0, 0.05) is 7.11 Å². The van der Waals surface area contributed by atoms with Gasteiger partial charge in [-0.15, -0.1) is 11.3 Å². The van der Waals surface area contributed by atoms with Crippen molar-refractivity contribution >= 4 is 45.2 Å². The molecule has 3 rings (SSSR count). The molecule has 126 valence electrons. The highest BCUT2D eigenvalue weighted by Gasteiger charge is 2.14. The van der Waals surface area contributed by atoms with Crippen LogP contribution in [0.1, 0.15) is 0 Å². The van der Waals surface area contributed by atoms with Crippen LogP contribution in [-0.2, 0) is 16.1 Å². The minimum absolute atomic E-state index is 0.0930. The predicted octanol–water partition coefficient (Wildman–Crippen LogP) is 0.953. The SMILES string of the molecule is COCCn1c(SCC(=O)Nc2ncn[nH]2)nc2ccsc2c1=O. The van der Waals surface area contributed by atoms with E-state index in [0.717, 1.165) is 0 Å². The van der Waals surface area contributed by atoms with Gasteiger partial charge in [-0.25, -0.2) is 10.1 Å². The first kappa shape index (κ1) is 16.6. The highest BCUT2D eigenvalue weighted by Crippen LogP contribution is 2.21. The first-order valence-electron chi connectivity index (χ1n) is 6.94. The highest BCUT2D eigenvalue weighted by atomic mass is 32.2. The van der Waals surface area contributed by atoms with Crippen molar-refractivity contribution in [3.63, 3.8) is 0 Å². The van der Waals surface area contributed by atoms with Crippen LogP contribution in [0, 0.1) is 0 Å². The molecule has 0 bridgehead atoms. The number of methoxy groups -OCH3 is 1. The summed E-state index contributed by atoms with van der Waals surface area (Å²) in [6.45, 7) is 0.762. The summed E-state index contributed by atoms with van der Waals surface area (Å²) < 4.78 is 7.19. The van der Waals surface area contributed by atoms with Crippen LogP contribution in [0.4, 0.5) is 5.95 Å². The number of rotatable bonds is 7. The summed E-state index contributed by atoms with van der Waals surface area (Å²) in [5.74, 6) is 0.101. The summed E-state index contributed by atoms with van der Waals surface area (Å²) in [5, 5.41) is 11.1. The third kappa shape index (κ3) is 3.63. The summed E-state index contributed by atoms with van der Waals surface area (Å²) >= 11 is 2.54. The van der Waals surface area contributed by atoms with E-state index < -0.39 is 0 Å². The number of aromatic amines is 1. The van der Waals surface area contributed by atoms with E-state index in [1.165, 1.54) is 34.0 Å². The molecule has 0 atom stereocenters. The number of H-pyrrole nitrogens is 1. The van der Waals surface area contributed by atoms with Crippen molar-refractivity contribution in [1.29, 1.82) is 0 Å². The van der Waals surface area contributed by atoms with Crippen LogP contribution in [0.5, 0.6) is 0 Å². The summed E-state index contributed by atoms with van der Waals surface area (Å²) in [7, 11) is 1.57. The van der Waals surface area contributed by atoms with Gasteiger partial charge in [-0.3, -0.25) is 19.5 Å². The van der Waals surface area contributed by atoms with Gasteiger partial charge in [0.25, 0.3) is 5.56 Å². The maximum atomic E-state index is 12.6. The van der Waals surface area contributed by atoms with Crippen LogP contribution in [0.2, 0.25) is 0 Å². The van der Waals surface area contributed by atoms with E-state index in [2.05, 4.69) is 25.5 Å². The lowest BCUT2D eigenvalue weighted by molar-refractivity contribution is -0.113. The Kier molecular flexibility index (Phi) is 5.23. The number of carbonyl (C=O) groups is 1. The molecule has 9 nitrogen and oxygen atoms in total. The summed E-state index contributed by atoms with van der Waals surface area (Å²) in [5.41, 5.74) is 0.516. The summed E-state index contributed by atoms with van der Waals surface area (Å²) in [4.78, 5) is 32.8. The van der Waals surface area contributed by atoms with E-state index in [4.69, 9.17) is 4.74 Å². The second kappa shape index (κ2) is 7.55. The van der Waals surface area contributed by atoms with Crippen molar-refractivity contribution in [3.8, 4) is 0 Å². The third-order valence-corrected chi connectivity index (χ3v) is 4.92. The number of thiophene rings is 1. The highest BCUT2D eigenvalue weighted by molar-refractivity contribution is 7.99. The quantitative estimate of drug-likeness (QED) is 0.472. The smallest absolute Gasteiger partial charge is 0.272 e. The first-order valence-corrected chi connectivity index (χ1v) is 8.80. The normalized spacial score (nSPS) is 11.0. The zero-order chi connectivity index (χ0) is 16.9. The minimum Gasteiger partial charge on any atom is -0.383 e.